The van der Waals surface area contributed by atoms with E-state index in [1.54, 1.807) is 18.2 Å². The van der Waals surface area contributed by atoms with Gasteiger partial charge >= 0.3 is 0 Å². The number of nitrogens with zero attached hydrogens (tertiary/aromatic N) is 1. The number of hydrogen-bond acceptors (Lipinski definition) is 4. The number of nitriles is 1. The van der Waals surface area contributed by atoms with Gasteiger partial charge in [-0.3, -0.25) is 4.79 Å². The third-order valence-electron chi connectivity index (χ3n) is 3.04. The SMILES string of the molecule is COc1cc(Cl)cc(/C=C(/C#N)C(=O)Nc2cccc(Br)c2)c1O. The van der Waals surface area contributed by atoms with Crippen LogP contribution < -0.4 is 10.1 Å². The molecule has 5 nitrogen and oxygen atoms in total. The zero-order chi connectivity index (χ0) is 17.7. The zero-order valence-corrected chi connectivity index (χ0v) is 14.9. The summed E-state index contributed by atoms with van der Waals surface area (Å²) in [5.41, 5.74) is 0.554. The van der Waals surface area contributed by atoms with Crippen LogP contribution in [0.25, 0.3) is 6.08 Å². The minimum absolute atomic E-state index is 0.151. The molecule has 122 valence electrons. The molecule has 0 atom stereocenters. The molecule has 1 amide bonds. The van der Waals surface area contributed by atoms with Gasteiger partial charge in [-0.2, -0.15) is 5.26 Å². The Labute approximate surface area is 152 Å². The molecule has 0 heterocycles. The Kier molecular flexibility index (Phi) is 5.85. The minimum atomic E-state index is -0.603. The third-order valence-corrected chi connectivity index (χ3v) is 3.75. The molecule has 0 spiro atoms. The van der Waals surface area contributed by atoms with E-state index in [0.717, 1.165) is 4.47 Å². The summed E-state index contributed by atoms with van der Waals surface area (Å²) in [4.78, 5) is 12.2. The second-order valence-electron chi connectivity index (χ2n) is 4.68. The second kappa shape index (κ2) is 7.86. The maximum atomic E-state index is 12.2. The minimum Gasteiger partial charge on any atom is -0.504 e. The first kappa shape index (κ1) is 17.9. The van der Waals surface area contributed by atoms with Gasteiger partial charge in [-0.1, -0.05) is 33.6 Å². The van der Waals surface area contributed by atoms with Gasteiger partial charge in [-0.15, -0.1) is 0 Å². The van der Waals surface area contributed by atoms with E-state index in [0.29, 0.717) is 10.7 Å². The number of benzene rings is 2. The number of nitrogens with one attached hydrogen (secondary N) is 1. The van der Waals surface area contributed by atoms with E-state index in [1.165, 1.54) is 25.3 Å². The molecule has 0 saturated heterocycles. The normalized spacial score (nSPS) is 10.8. The number of amides is 1. The van der Waals surface area contributed by atoms with Gasteiger partial charge in [0.1, 0.15) is 11.6 Å². The van der Waals surface area contributed by atoms with Gasteiger partial charge in [0.05, 0.1) is 7.11 Å². The highest BCUT2D eigenvalue weighted by molar-refractivity contribution is 9.10. The van der Waals surface area contributed by atoms with E-state index < -0.39 is 5.91 Å². The summed E-state index contributed by atoms with van der Waals surface area (Å²) in [7, 11) is 1.38. The van der Waals surface area contributed by atoms with Gasteiger partial charge in [0.25, 0.3) is 5.91 Å². The zero-order valence-electron chi connectivity index (χ0n) is 12.5. The van der Waals surface area contributed by atoms with E-state index >= 15 is 0 Å². The van der Waals surface area contributed by atoms with Crippen LogP contribution in [0, 0.1) is 11.3 Å². The van der Waals surface area contributed by atoms with Gasteiger partial charge in [-0.25, -0.2) is 0 Å². The van der Waals surface area contributed by atoms with Crippen LogP contribution >= 0.6 is 27.5 Å². The standard InChI is InChI=1S/C17H12BrClN2O3/c1-24-15-8-13(19)6-10(16(15)22)5-11(9-20)17(23)21-14-4-2-3-12(18)7-14/h2-8,22H,1H3,(H,21,23)/b11-5-. The van der Waals surface area contributed by atoms with Crippen molar-refractivity contribution in [2.75, 3.05) is 12.4 Å². The lowest BCUT2D eigenvalue weighted by atomic mass is 10.1. The van der Waals surface area contributed by atoms with Crippen molar-refractivity contribution in [2.24, 2.45) is 0 Å². The fraction of sp³-hybridized carbons (Fsp3) is 0.0588. The topological polar surface area (TPSA) is 82.3 Å². The molecule has 0 aliphatic carbocycles. The van der Waals surface area contributed by atoms with E-state index in [1.807, 2.05) is 12.1 Å². The van der Waals surface area contributed by atoms with Crippen LogP contribution in [0.4, 0.5) is 5.69 Å². The lowest BCUT2D eigenvalue weighted by molar-refractivity contribution is -0.112. The molecule has 0 saturated carbocycles. The molecule has 0 fully saturated rings. The van der Waals surface area contributed by atoms with Gasteiger partial charge < -0.3 is 15.2 Å². The van der Waals surface area contributed by atoms with Crippen LogP contribution in [0.5, 0.6) is 11.5 Å². The first-order chi connectivity index (χ1) is 11.4. The highest BCUT2D eigenvalue weighted by atomic mass is 79.9. The number of carbonyl (C=O) groups excluding carboxylic acids is 1. The van der Waals surface area contributed by atoms with Gasteiger partial charge in [-0.05, 0) is 30.3 Å². The number of hydrogen-bond donors (Lipinski definition) is 2. The van der Waals surface area contributed by atoms with Crippen LogP contribution in [-0.4, -0.2) is 18.1 Å². The summed E-state index contributed by atoms with van der Waals surface area (Å²) in [5, 5.41) is 22.3. The maximum absolute atomic E-state index is 12.2. The molecule has 24 heavy (non-hydrogen) atoms. The Balaban J connectivity index is 2.34. The van der Waals surface area contributed by atoms with E-state index in [2.05, 4.69) is 21.2 Å². The van der Waals surface area contributed by atoms with Crippen molar-refractivity contribution in [3.8, 4) is 17.6 Å². The van der Waals surface area contributed by atoms with Crippen LogP contribution in [0.2, 0.25) is 5.02 Å². The summed E-state index contributed by atoms with van der Waals surface area (Å²) >= 11 is 9.25. The van der Waals surface area contributed by atoms with Crippen molar-refractivity contribution in [1.82, 2.24) is 0 Å². The predicted octanol–water partition coefficient (Wildman–Crippen LogP) is 4.36. The van der Waals surface area contributed by atoms with Gasteiger partial charge in [0, 0.05) is 26.8 Å². The van der Waals surface area contributed by atoms with Gasteiger partial charge in [0.2, 0.25) is 0 Å². The van der Waals surface area contributed by atoms with Crippen molar-refractivity contribution in [2.45, 2.75) is 0 Å². The predicted molar refractivity (Wildman–Crippen MR) is 96.0 cm³/mol. The highest BCUT2D eigenvalue weighted by Gasteiger charge is 2.14. The van der Waals surface area contributed by atoms with E-state index in [4.69, 9.17) is 16.3 Å². The van der Waals surface area contributed by atoms with Crippen LogP contribution in [0.15, 0.2) is 46.4 Å². The van der Waals surface area contributed by atoms with Crippen molar-refractivity contribution >= 4 is 45.2 Å². The molecule has 0 aliphatic rings. The molecule has 0 bridgehead atoms. The largest absolute Gasteiger partial charge is 0.504 e. The average molecular weight is 408 g/mol. The Bertz CT molecular complexity index is 859. The average Bonchev–Trinajstić information content (AvgIpc) is 2.55. The summed E-state index contributed by atoms with van der Waals surface area (Å²) in [6, 6.07) is 11.6. The van der Waals surface area contributed by atoms with Crippen molar-refractivity contribution in [3.05, 3.63) is 57.0 Å². The molecule has 0 radical (unpaired) electrons. The molecule has 0 aromatic heterocycles. The van der Waals surface area contributed by atoms with E-state index in [-0.39, 0.29) is 22.6 Å². The number of carbonyl (C=O) groups is 1. The number of rotatable bonds is 4. The molecule has 2 N–H and O–H groups in total. The molecular weight excluding hydrogens is 396 g/mol. The first-order valence-corrected chi connectivity index (χ1v) is 7.87. The molecule has 2 aromatic carbocycles. The Morgan fingerprint density at radius 3 is 2.79 bits per heavy atom. The van der Waals surface area contributed by atoms with E-state index in [9.17, 15) is 15.2 Å². The maximum Gasteiger partial charge on any atom is 0.266 e. The highest BCUT2D eigenvalue weighted by Crippen LogP contribution is 2.34. The molecule has 0 aliphatic heterocycles. The second-order valence-corrected chi connectivity index (χ2v) is 6.03. The molecule has 0 unspecified atom stereocenters. The monoisotopic (exact) mass is 406 g/mol. The quantitative estimate of drug-likeness (QED) is 0.583. The summed E-state index contributed by atoms with van der Waals surface area (Å²) in [6.45, 7) is 0. The molecule has 2 rings (SSSR count). The molecule has 2 aromatic rings. The number of aromatic hydroxyl groups is 1. The lowest BCUT2D eigenvalue weighted by Gasteiger charge is -2.08. The smallest absolute Gasteiger partial charge is 0.266 e. The summed E-state index contributed by atoms with van der Waals surface area (Å²) in [6.07, 6.45) is 1.25. The Morgan fingerprint density at radius 2 is 2.17 bits per heavy atom. The summed E-state index contributed by atoms with van der Waals surface area (Å²) in [5.74, 6) is -0.655. The lowest BCUT2D eigenvalue weighted by Crippen LogP contribution is -2.13. The molecule has 7 heteroatoms. The number of anilines is 1. The number of phenols is 1. The fourth-order valence-corrected chi connectivity index (χ4v) is 2.54. The number of phenolic OH excluding ortho intramolecular Hbond substituents is 1. The van der Waals surface area contributed by atoms with Gasteiger partial charge in [0.15, 0.2) is 11.5 Å². The third kappa shape index (κ3) is 4.28. The van der Waals surface area contributed by atoms with Crippen molar-refractivity contribution < 1.29 is 14.6 Å². The number of halogens is 2. The Hall–Kier alpha value is -2.49. The number of ether oxygens (including phenoxy) is 1. The fourth-order valence-electron chi connectivity index (χ4n) is 1.93. The molecular formula is C17H12BrClN2O3. The van der Waals surface area contributed by atoms with Crippen LogP contribution in [0.1, 0.15) is 5.56 Å². The van der Waals surface area contributed by atoms with Crippen LogP contribution in [-0.2, 0) is 4.79 Å². The first-order valence-electron chi connectivity index (χ1n) is 6.70. The Morgan fingerprint density at radius 1 is 1.42 bits per heavy atom. The van der Waals surface area contributed by atoms with Crippen molar-refractivity contribution in [3.63, 3.8) is 0 Å². The van der Waals surface area contributed by atoms with Crippen molar-refractivity contribution in [1.29, 1.82) is 5.26 Å². The number of methoxy groups -OCH3 is 1. The van der Waals surface area contributed by atoms with Crippen LogP contribution in [0.3, 0.4) is 0 Å². The summed E-state index contributed by atoms with van der Waals surface area (Å²) < 4.78 is 5.79.